The molecule has 2 aromatic heterocycles. The van der Waals surface area contributed by atoms with Gasteiger partial charge in [-0.25, -0.2) is 4.98 Å². The number of hydrogen-bond acceptors (Lipinski definition) is 4. The highest BCUT2D eigenvalue weighted by molar-refractivity contribution is 7.99. The van der Waals surface area contributed by atoms with Crippen molar-refractivity contribution in [2.45, 2.75) is 59.0 Å². The first-order chi connectivity index (χ1) is 14.1. The van der Waals surface area contributed by atoms with Crippen molar-refractivity contribution in [3.05, 3.63) is 62.8 Å². The van der Waals surface area contributed by atoms with Gasteiger partial charge < -0.3 is 0 Å². The number of aromatic nitrogens is 2. The molecule has 1 aliphatic rings. The highest BCUT2D eigenvalue weighted by Crippen LogP contribution is 2.42. The van der Waals surface area contributed by atoms with E-state index < -0.39 is 0 Å². The molecule has 1 aromatic carbocycles. The van der Waals surface area contributed by atoms with Gasteiger partial charge in [0.1, 0.15) is 4.83 Å². The number of thiophene rings is 1. The standard InChI is InChI=1S/C25H30N2OS2/c1-15(2)14-29-24-26-22-21(23(28)27(24)18-9-7-8-16(3)12-18)19-11-10-17(25(4,5)6)13-20(19)30-22/h7-9,12,17H,1,10-11,13-14H2,2-6H3. The predicted octanol–water partition coefficient (Wildman–Crippen LogP) is 6.57. The number of hydrogen-bond donors (Lipinski definition) is 0. The Morgan fingerprint density at radius 1 is 1.37 bits per heavy atom. The van der Waals surface area contributed by atoms with Crippen LogP contribution in [0.2, 0.25) is 0 Å². The second kappa shape index (κ2) is 8.01. The summed E-state index contributed by atoms with van der Waals surface area (Å²) in [6, 6.07) is 8.13. The lowest BCUT2D eigenvalue weighted by atomic mass is 9.72. The molecule has 4 rings (SSSR count). The van der Waals surface area contributed by atoms with Crippen LogP contribution in [0.15, 0.2) is 46.4 Å². The van der Waals surface area contributed by atoms with Crippen LogP contribution in [0.1, 0.15) is 50.1 Å². The van der Waals surface area contributed by atoms with E-state index in [-0.39, 0.29) is 11.0 Å². The molecule has 0 aliphatic heterocycles. The molecular formula is C25H30N2OS2. The van der Waals surface area contributed by atoms with Gasteiger partial charge in [-0.3, -0.25) is 9.36 Å². The minimum Gasteiger partial charge on any atom is -0.268 e. The van der Waals surface area contributed by atoms with Crippen molar-refractivity contribution in [1.29, 1.82) is 0 Å². The third-order valence-corrected chi connectivity index (χ3v) is 8.30. The maximum atomic E-state index is 13.8. The number of benzene rings is 1. The number of rotatable bonds is 4. The Hall–Kier alpha value is -1.85. The van der Waals surface area contributed by atoms with Gasteiger partial charge in [0.05, 0.1) is 11.1 Å². The average molecular weight is 439 g/mol. The predicted molar refractivity (Wildman–Crippen MR) is 130 cm³/mol. The van der Waals surface area contributed by atoms with Crippen LogP contribution < -0.4 is 5.56 Å². The summed E-state index contributed by atoms with van der Waals surface area (Å²) < 4.78 is 1.81. The van der Waals surface area contributed by atoms with E-state index in [1.54, 1.807) is 23.1 Å². The molecule has 0 amide bonds. The van der Waals surface area contributed by atoms with Gasteiger partial charge in [0.2, 0.25) is 0 Å². The number of nitrogens with zero attached hydrogens (tertiary/aromatic N) is 2. The summed E-state index contributed by atoms with van der Waals surface area (Å²) in [5.74, 6) is 1.40. The highest BCUT2D eigenvalue weighted by atomic mass is 32.2. The quantitative estimate of drug-likeness (QED) is 0.262. The van der Waals surface area contributed by atoms with Crippen molar-refractivity contribution in [3.63, 3.8) is 0 Å². The van der Waals surface area contributed by atoms with E-state index in [1.165, 1.54) is 10.4 Å². The molecule has 0 spiro atoms. The summed E-state index contributed by atoms with van der Waals surface area (Å²) in [7, 11) is 0. The zero-order chi connectivity index (χ0) is 21.6. The summed E-state index contributed by atoms with van der Waals surface area (Å²) >= 11 is 3.32. The zero-order valence-corrected chi connectivity index (χ0v) is 20.2. The van der Waals surface area contributed by atoms with Gasteiger partial charge in [-0.2, -0.15) is 0 Å². The van der Waals surface area contributed by atoms with Crippen molar-refractivity contribution in [3.8, 4) is 5.69 Å². The monoisotopic (exact) mass is 438 g/mol. The van der Waals surface area contributed by atoms with Gasteiger partial charge in [-0.1, -0.05) is 56.8 Å². The number of thioether (sulfide) groups is 1. The molecule has 30 heavy (non-hydrogen) atoms. The molecule has 0 saturated heterocycles. The first kappa shape index (κ1) is 21.4. The summed E-state index contributed by atoms with van der Waals surface area (Å²) in [6.07, 6.45) is 3.16. The molecule has 0 N–H and O–H groups in total. The van der Waals surface area contributed by atoms with Crippen LogP contribution in [0.3, 0.4) is 0 Å². The molecule has 2 heterocycles. The summed E-state index contributed by atoms with van der Waals surface area (Å²) in [6.45, 7) is 15.1. The third-order valence-electron chi connectivity index (χ3n) is 5.98. The summed E-state index contributed by atoms with van der Waals surface area (Å²) in [5, 5.41) is 1.59. The molecule has 0 radical (unpaired) electrons. The van der Waals surface area contributed by atoms with E-state index in [0.717, 1.165) is 57.2 Å². The van der Waals surface area contributed by atoms with Gasteiger partial charge in [0.25, 0.3) is 5.56 Å². The van der Waals surface area contributed by atoms with Gasteiger partial charge in [0.15, 0.2) is 5.16 Å². The fraction of sp³-hybridized carbons (Fsp3) is 0.440. The number of fused-ring (bicyclic) bond motifs is 3. The normalized spacial score (nSPS) is 16.6. The molecule has 3 nitrogen and oxygen atoms in total. The fourth-order valence-corrected chi connectivity index (χ4v) is 6.42. The molecule has 5 heteroatoms. The molecule has 3 aromatic rings. The van der Waals surface area contributed by atoms with E-state index in [0.29, 0.717) is 5.92 Å². The van der Waals surface area contributed by atoms with Crippen LogP contribution in [-0.2, 0) is 12.8 Å². The maximum absolute atomic E-state index is 13.8. The minimum absolute atomic E-state index is 0.0709. The molecule has 0 bridgehead atoms. The van der Waals surface area contributed by atoms with Gasteiger partial charge in [-0.15, -0.1) is 11.3 Å². The van der Waals surface area contributed by atoms with Crippen LogP contribution in [0.5, 0.6) is 0 Å². The van der Waals surface area contributed by atoms with Crippen LogP contribution in [0, 0.1) is 18.3 Å². The SMILES string of the molecule is C=C(C)CSc1nc2sc3c(c2c(=O)n1-c1cccc(C)c1)CCC(C(C)(C)C)C3. The Morgan fingerprint density at radius 3 is 2.80 bits per heavy atom. The molecule has 158 valence electrons. The second-order valence-corrected chi connectivity index (χ2v) is 11.6. The zero-order valence-electron chi connectivity index (χ0n) is 18.5. The van der Waals surface area contributed by atoms with Crippen molar-refractivity contribution >= 4 is 33.3 Å². The van der Waals surface area contributed by atoms with E-state index in [1.807, 2.05) is 23.6 Å². The second-order valence-electron chi connectivity index (χ2n) is 9.61. The lowest BCUT2D eigenvalue weighted by molar-refractivity contribution is 0.218. The van der Waals surface area contributed by atoms with Gasteiger partial charge in [0, 0.05) is 10.6 Å². The Balaban J connectivity index is 1.91. The van der Waals surface area contributed by atoms with Crippen LogP contribution >= 0.6 is 23.1 Å². The summed E-state index contributed by atoms with van der Waals surface area (Å²) in [4.78, 5) is 21.1. The Labute approximate surface area is 187 Å². The highest BCUT2D eigenvalue weighted by Gasteiger charge is 2.32. The lowest BCUT2D eigenvalue weighted by Gasteiger charge is -2.33. The first-order valence-electron chi connectivity index (χ1n) is 10.6. The van der Waals surface area contributed by atoms with Crippen molar-refractivity contribution in [2.24, 2.45) is 11.3 Å². The van der Waals surface area contributed by atoms with Gasteiger partial charge in [-0.05, 0) is 67.7 Å². The minimum atomic E-state index is 0.0709. The Morgan fingerprint density at radius 2 is 2.13 bits per heavy atom. The Bertz CT molecular complexity index is 1180. The average Bonchev–Trinajstić information content (AvgIpc) is 3.03. The molecule has 0 fully saturated rings. The molecule has 1 aliphatic carbocycles. The van der Waals surface area contributed by atoms with Crippen LogP contribution in [-0.4, -0.2) is 15.3 Å². The first-order valence-corrected chi connectivity index (χ1v) is 12.4. The molecule has 1 atom stereocenters. The molecular weight excluding hydrogens is 408 g/mol. The Kier molecular flexibility index (Phi) is 5.71. The van der Waals surface area contributed by atoms with E-state index in [2.05, 4.69) is 46.4 Å². The topological polar surface area (TPSA) is 34.9 Å². The fourth-order valence-electron chi connectivity index (χ4n) is 4.22. The van der Waals surface area contributed by atoms with Crippen LogP contribution in [0.4, 0.5) is 0 Å². The summed E-state index contributed by atoms with van der Waals surface area (Å²) in [5.41, 5.74) is 4.69. The maximum Gasteiger partial charge on any atom is 0.267 e. The number of aryl methyl sites for hydroxylation is 2. The lowest BCUT2D eigenvalue weighted by Crippen LogP contribution is -2.27. The molecule has 1 unspecified atom stereocenters. The van der Waals surface area contributed by atoms with Crippen molar-refractivity contribution in [2.75, 3.05) is 5.75 Å². The smallest absolute Gasteiger partial charge is 0.267 e. The largest absolute Gasteiger partial charge is 0.268 e. The van der Waals surface area contributed by atoms with E-state index >= 15 is 0 Å². The molecule has 0 saturated carbocycles. The van der Waals surface area contributed by atoms with Crippen molar-refractivity contribution in [1.82, 2.24) is 9.55 Å². The van der Waals surface area contributed by atoms with Crippen LogP contribution in [0.25, 0.3) is 15.9 Å². The van der Waals surface area contributed by atoms with Crippen molar-refractivity contribution < 1.29 is 0 Å². The van der Waals surface area contributed by atoms with E-state index in [4.69, 9.17) is 4.98 Å². The third kappa shape index (κ3) is 4.02. The van der Waals surface area contributed by atoms with Gasteiger partial charge >= 0.3 is 0 Å². The van der Waals surface area contributed by atoms with E-state index in [9.17, 15) is 4.79 Å².